The van der Waals surface area contributed by atoms with Crippen molar-refractivity contribution < 1.29 is 19.4 Å². The number of rotatable bonds is 7. The molecule has 1 amide bonds. The summed E-state index contributed by atoms with van der Waals surface area (Å²) in [6.07, 6.45) is 2.56. The fourth-order valence-electron chi connectivity index (χ4n) is 2.36. The number of ether oxygens (including phenoxy) is 1. The van der Waals surface area contributed by atoms with Gasteiger partial charge in [0.05, 0.1) is 0 Å². The number of hydrogen-bond acceptors (Lipinski definition) is 3. The molecule has 0 spiro atoms. The van der Waals surface area contributed by atoms with E-state index in [2.05, 4.69) is 0 Å². The first-order chi connectivity index (χ1) is 10.0. The van der Waals surface area contributed by atoms with Gasteiger partial charge < -0.3 is 14.7 Å². The van der Waals surface area contributed by atoms with E-state index in [1.807, 2.05) is 31.2 Å². The number of carbonyl (C=O) groups excluding carboxylic acids is 1. The maximum absolute atomic E-state index is 12.3. The molecule has 5 nitrogen and oxygen atoms in total. The van der Waals surface area contributed by atoms with Crippen LogP contribution in [0.3, 0.4) is 0 Å². The molecule has 1 aromatic rings. The Labute approximate surface area is 124 Å². The monoisotopic (exact) mass is 291 g/mol. The molecule has 0 aromatic heterocycles. The van der Waals surface area contributed by atoms with Crippen LogP contribution in [0.2, 0.25) is 0 Å². The predicted molar refractivity (Wildman–Crippen MR) is 78.3 cm³/mol. The Kier molecular flexibility index (Phi) is 4.83. The lowest BCUT2D eigenvalue weighted by molar-refractivity contribution is -0.150. The van der Waals surface area contributed by atoms with E-state index < -0.39 is 12.0 Å². The standard InChI is InChI=1S/C16H21NO4/c1-3-12-6-4-5-7-14(12)21-10-15(18)17(13-8-9-13)11(2)16(19)20/h4-7,11,13H,3,8-10H2,1-2H3,(H,19,20). The van der Waals surface area contributed by atoms with Crippen molar-refractivity contribution in [3.63, 3.8) is 0 Å². The molecule has 1 saturated carbocycles. The summed E-state index contributed by atoms with van der Waals surface area (Å²) in [5.74, 6) is -0.561. The van der Waals surface area contributed by atoms with Crippen molar-refractivity contribution in [2.24, 2.45) is 0 Å². The van der Waals surface area contributed by atoms with Crippen LogP contribution in [-0.4, -0.2) is 40.6 Å². The second-order valence-corrected chi connectivity index (χ2v) is 5.30. The average Bonchev–Trinajstić information content (AvgIpc) is 3.30. The number of para-hydroxylation sites is 1. The topological polar surface area (TPSA) is 66.8 Å². The Hall–Kier alpha value is -2.04. The molecular weight excluding hydrogens is 270 g/mol. The molecule has 1 aliphatic carbocycles. The molecule has 0 saturated heterocycles. The van der Waals surface area contributed by atoms with Crippen molar-refractivity contribution in [1.82, 2.24) is 4.90 Å². The van der Waals surface area contributed by atoms with Crippen LogP contribution in [0.25, 0.3) is 0 Å². The first-order valence-corrected chi connectivity index (χ1v) is 7.29. The lowest BCUT2D eigenvalue weighted by atomic mass is 10.1. The molecule has 1 aromatic carbocycles. The van der Waals surface area contributed by atoms with Gasteiger partial charge >= 0.3 is 5.97 Å². The number of carboxylic acids is 1. The Morgan fingerprint density at radius 1 is 1.38 bits per heavy atom. The highest BCUT2D eigenvalue weighted by molar-refractivity contribution is 5.84. The third-order valence-electron chi connectivity index (χ3n) is 3.71. The van der Waals surface area contributed by atoms with Gasteiger partial charge in [-0.1, -0.05) is 25.1 Å². The Morgan fingerprint density at radius 3 is 2.62 bits per heavy atom. The quantitative estimate of drug-likeness (QED) is 0.835. The number of nitrogens with zero attached hydrogens (tertiary/aromatic N) is 1. The highest BCUT2D eigenvalue weighted by Gasteiger charge is 2.38. The smallest absolute Gasteiger partial charge is 0.326 e. The van der Waals surface area contributed by atoms with E-state index in [9.17, 15) is 9.59 Å². The van der Waals surface area contributed by atoms with Gasteiger partial charge in [0.25, 0.3) is 5.91 Å². The second-order valence-electron chi connectivity index (χ2n) is 5.30. The van der Waals surface area contributed by atoms with E-state index in [1.165, 1.54) is 4.90 Å². The number of aryl methyl sites for hydroxylation is 1. The van der Waals surface area contributed by atoms with Gasteiger partial charge in [0, 0.05) is 6.04 Å². The average molecular weight is 291 g/mol. The summed E-state index contributed by atoms with van der Waals surface area (Å²) in [5, 5.41) is 9.11. The van der Waals surface area contributed by atoms with Gasteiger partial charge in [-0.25, -0.2) is 4.79 Å². The minimum Gasteiger partial charge on any atom is -0.483 e. The normalized spacial score (nSPS) is 15.3. The number of aliphatic carboxylic acids is 1. The molecule has 1 N–H and O–H groups in total. The van der Waals surface area contributed by atoms with Gasteiger partial charge in [0.15, 0.2) is 6.61 Å². The number of hydrogen-bond donors (Lipinski definition) is 1. The summed E-state index contributed by atoms with van der Waals surface area (Å²) in [4.78, 5) is 24.8. The molecule has 0 bridgehead atoms. The van der Waals surface area contributed by atoms with Crippen LogP contribution >= 0.6 is 0 Å². The van der Waals surface area contributed by atoms with Crippen molar-refractivity contribution in [3.8, 4) is 5.75 Å². The predicted octanol–water partition coefficient (Wildman–Crippen LogP) is 2.09. The van der Waals surface area contributed by atoms with Crippen LogP contribution in [0.15, 0.2) is 24.3 Å². The van der Waals surface area contributed by atoms with Gasteiger partial charge in [-0.2, -0.15) is 0 Å². The van der Waals surface area contributed by atoms with Crippen LogP contribution in [0.4, 0.5) is 0 Å². The van der Waals surface area contributed by atoms with E-state index in [1.54, 1.807) is 6.92 Å². The Bertz CT molecular complexity index is 525. The fourth-order valence-corrected chi connectivity index (χ4v) is 2.36. The van der Waals surface area contributed by atoms with Gasteiger partial charge in [-0.15, -0.1) is 0 Å². The Balaban J connectivity index is 2.01. The first-order valence-electron chi connectivity index (χ1n) is 7.29. The highest BCUT2D eigenvalue weighted by Crippen LogP contribution is 2.29. The molecule has 1 unspecified atom stereocenters. The Morgan fingerprint density at radius 2 is 2.05 bits per heavy atom. The molecule has 1 atom stereocenters. The SMILES string of the molecule is CCc1ccccc1OCC(=O)N(C1CC1)C(C)C(=O)O. The largest absolute Gasteiger partial charge is 0.483 e. The number of amides is 1. The van der Waals surface area contributed by atoms with Gasteiger partial charge in [0.2, 0.25) is 0 Å². The van der Waals surface area contributed by atoms with Crippen LogP contribution < -0.4 is 4.74 Å². The van der Waals surface area contributed by atoms with E-state index in [4.69, 9.17) is 9.84 Å². The summed E-state index contributed by atoms with van der Waals surface area (Å²) in [5.41, 5.74) is 1.04. The van der Waals surface area contributed by atoms with Crippen molar-refractivity contribution in [2.45, 2.75) is 45.2 Å². The third-order valence-corrected chi connectivity index (χ3v) is 3.71. The minimum atomic E-state index is -0.982. The second kappa shape index (κ2) is 6.61. The third kappa shape index (κ3) is 3.74. The maximum atomic E-state index is 12.3. The zero-order valence-corrected chi connectivity index (χ0v) is 12.4. The van der Waals surface area contributed by atoms with Crippen LogP contribution in [-0.2, 0) is 16.0 Å². The van der Waals surface area contributed by atoms with Crippen molar-refractivity contribution >= 4 is 11.9 Å². The lowest BCUT2D eigenvalue weighted by Crippen LogP contribution is -2.46. The number of carboxylic acid groups (broad SMARTS) is 1. The highest BCUT2D eigenvalue weighted by atomic mass is 16.5. The zero-order chi connectivity index (χ0) is 15.4. The van der Waals surface area contributed by atoms with Crippen molar-refractivity contribution in [2.75, 3.05) is 6.61 Å². The lowest BCUT2D eigenvalue weighted by Gasteiger charge is -2.26. The van der Waals surface area contributed by atoms with Gasteiger partial charge in [-0.3, -0.25) is 4.79 Å². The molecule has 0 aliphatic heterocycles. The molecule has 114 valence electrons. The van der Waals surface area contributed by atoms with E-state index in [0.29, 0.717) is 5.75 Å². The van der Waals surface area contributed by atoms with Gasteiger partial charge in [0.1, 0.15) is 11.8 Å². The molecule has 0 radical (unpaired) electrons. The van der Waals surface area contributed by atoms with Crippen molar-refractivity contribution in [3.05, 3.63) is 29.8 Å². The maximum Gasteiger partial charge on any atom is 0.326 e. The zero-order valence-electron chi connectivity index (χ0n) is 12.4. The van der Waals surface area contributed by atoms with E-state index >= 15 is 0 Å². The van der Waals surface area contributed by atoms with E-state index in [-0.39, 0.29) is 18.6 Å². The number of benzene rings is 1. The number of carbonyl (C=O) groups is 2. The summed E-state index contributed by atoms with van der Waals surface area (Å²) < 4.78 is 5.59. The van der Waals surface area contributed by atoms with Crippen LogP contribution in [0, 0.1) is 0 Å². The fraction of sp³-hybridized carbons (Fsp3) is 0.500. The summed E-state index contributed by atoms with van der Waals surface area (Å²) in [6, 6.07) is 6.81. The van der Waals surface area contributed by atoms with Gasteiger partial charge in [-0.05, 0) is 37.8 Å². The van der Waals surface area contributed by atoms with Crippen LogP contribution in [0.5, 0.6) is 5.75 Å². The molecule has 1 fully saturated rings. The molecule has 21 heavy (non-hydrogen) atoms. The molecule has 2 rings (SSSR count). The van der Waals surface area contributed by atoms with E-state index in [0.717, 1.165) is 24.8 Å². The molecular formula is C16H21NO4. The summed E-state index contributed by atoms with van der Waals surface area (Å²) in [6.45, 7) is 3.44. The summed E-state index contributed by atoms with van der Waals surface area (Å²) >= 11 is 0. The first kappa shape index (κ1) is 15.4. The summed E-state index contributed by atoms with van der Waals surface area (Å²) in [7, 11) is 0. The van der Waals surface area contributed by atoms with Crippen molar-refractivity contribution in [1.29, 1.82) is 0 Å². The molecule has 1 aliphatic rings. The minimum absolute atomic E-state index is 0.0496. The molecule has 0 heterocycles. The van der Waals surface area contributed by atoms with Crippen LogP contribution in [0.1, 0.15) is 32.3 Å². The molecule has 5 heteroatoms.